The maximum atomic E-state index is 11.8. The van der Waals surface area contributed by atoms with Crippen LogP contribution in [0.25, 0.3) is 0 Å². The molecule has 1 heterocycles. The summed E-state index contributed by atoms with van der Waals surface area (Å²) in [6.45, 7) is 0. The van der Waals surface area contributed by atoms with Crippen LogP contribution in [0.5, 0.6) is 0 Å². The molecule has 25 heavy (non-hydrogen) atoms. The largest absolute Gasteiger partial charge is 0.366 e. The Labute approximate surface area is 160 Å². The van der Waals surface area contributed by atoms with E-state index in [2.05, 4.69) is 0 Å². The lowest BCUT2D eigenvalue weighted by Gasteiger charge is -2.35. The topological polar surface area (TPSA) is 96.0 Å². The average Bonchev–Trinajstić information content (AvgIpc) is 3.39. The van der Waals surface area contributed by atoms with Crippen LogP contribution in [-0.2, 0) is 15.7 Å². The van der Waals surface area contributed by atoms with Crippen molar-refractivity contribution >= 4 is 50.2 Å². The summed E-state index contributed by atoms with van der Waals surface area (Å²) in [5.74, 6) is 0.320. The lowest BCUT2D eigenvalue weighted by Crippen LogP contribution is -2.46. The predicted octanol–water partition coefficient (Wildman–Crippen LogP) is 2.52. The van der Waals surface area contributed by atoms with Gasteiger partial charge in [0.2, 0.25) is 10.0 Å². The summed E-state index contributed by atoms with van der Waals surface area (Å²) in [6, 6.07) is 3.12. The molecule has 1 atom stereocenters. The summed E-state index contributed by atoms with van der Waals surface area (Å²) in [4.78, 5) is 6.35. The monoisotopic (exact) mass is 421 g/mol. The van der Waals surface area contributed by atoms with Crippen molar-refractivity contribution in [3.05, 3.63) is 27.7 Å². The van der Waals surface area contributed by atoms with E-state index >= 15 is 0 Å². The van der Waals surface area contributed by atoms with E-state index in [0.29, 0.717) is 17.4 Å². The molecule has 0 amide bonds. The van der Waals surface area contributed by atoms with Crippen molar-refractivity contribution in [2.24, 2.45) is 10.1 Å². The lowest BCUT2D eigenvalue weighted by molar-refractivity contribution is -0.0522. The molecule has 3 fully saturated rings. The molecular weight excluding hydrogens is 405 g/mol. The molecule has 0 bridgehead atoms. The van der Waals surface area contributed by atoms with Crippen LogP contribution in [0.4, 0.5) is 0 Å². The number of benzene rings is 1. The smallest absolute Gasteiger partial charge is 0.239 e. The highest BCUT2D eigenvalue weighted by Gasteiger charge is 2.52. The van der Waals surface area contributed by atoms with E-state index in [4.69, 9.17) is 33.3 Å². The molecule has 0 aromatic heterocycles. The molecule has 0 spiro atoms. The SMILES string of the molecule is NS(=O)(=O)c1cc(C2(O)CSC(=NC3CC3)N2C2CC2)c(Cl)cc1Cl. The molecule has 3 N–H and O–H groups in total. The zero-order valence-corrected chi connectivity index (χ0v) is 16.3. The fraction of sp³-hybridized carbons (Fsp3) is 0.533. The summed E-state index contributed by atoms with van der Waals surface area (Å²) in [6.07, 6.45) is 4.05. The molecule has 2 aliphatic carbocycles. The Hall–Kier alpha value is -0.510. The Kier molecular flexibility index (Phi) is 4.29. The van der Waals surface area contributed by atoms with Crippen LogP contribution >= 0.6 is 35.0 Å². The van der Waals surface area contributed by atoms with Crippen molar-refractivity contribution < 1.29 is 13.5 Å². The molecule has 1 saturated heterocycles. The number of hydrogen-bond acceptors (Lipinski definition) is 5. The van der Waals surface area contributed by atoms with Gasteiger partial charge in [0.15, 0.2) is 10.9 Å². The van der Waals surface area contributed by atoms with Gasteiger partial charge in [-0.15, -0.1) is 0 Å². The molecule has 1 aromatic carbocycles. The van der Waals surface area contributed by atoms with Crippen LogP contribution < -0.4 is 5.14 Å². The third-order valence-electron chi connectivity index (χ3n) is 4.52. The number of aliphatic imine (C=N–C) groups is 1. The first kappa shape index (κ1) is 17.9. The molecular formula is C15H17Cl2N3O3S2. The van der Waals surface area contributed by atoms with Gasteiger partial charge in [-0.1, -0.05) is 35.0 Å². The average molecular weight is 422 g/mol. The van der Waals surface area contributed by atoms with E-state index in [9.17, 15) is 13.5 Å². The highest BCUT2D eigenvalue weighted by atomic mass is 35.5. The Bertz CT molecular complexity index is 869. The van der Waals surface area contributed by atoms with Crippen molar-refractivity contribution in [3.63, 3.8) is 0 Å². The van der Waals surface area contributed by atoms with Crippen LogP contribution in [0.2, 0.25) is 10.0 Å². The molecule has 4 rings (SSSR count). The van der Waals surface area contributed by atoms with Gasteiger partial charge in [0.05, 0.1) is 21.8 Å². The number of aliphatic hydroxyl groups is 1. The number of sulfonamides is 1. The molecule has 10 heteroatoms. The van der Waals surface area contributed by atoms with Crippen molar-refractivity contribution in [1.82, 2.24) is 4.90 Å². The van der Waals surface area contributed by atoms with Gasteiger partial charge in [-0.05, 0) is 37.8 Å². The van der Waals surface area contributed by atoms with Gasteiger partial charge in [0.1, 0.15) is 4.90 Å². The van der Waals surface area contributed by atoms with Gasteiger partial charge < -0.3 is 10.0 Å². The minimum Gasteiger partial charge on any atom is -0.366 e. The van der Waals surface area contributed by atoms with E-state index in [0.717, 1.165) is 30.9 Å². The summed E-state index contributed by atoms with van der Waals surface area (Å²) in [7, 11) is -4.03. The Balaban J connectivity index is 1.82. The van der Waals surface area contributed by atoms with Gasteiger partial charge in [0.25, 0.3) is 0 Å². The highest BCUT2D eigenvalue weighted by molar-refractivity contribution is 8.14. The molecule has 1 unspecified atom stereocenters. The van der Waals surface area contributed by atoms with Crippen LogP contribution in [-0.4, -0.2) is 41.4 Å². The molecule has 1 aromatic rings. The Morgan fingerprint density at radius 3 is 2.48 bits per heavy atom. The molecule has 2 saturated carbocycles. The summed E-state index contributed by atoms with van der Waals surface area (Å²) in [5, 5.41) is 17.7. The first-order valence-corrected chi connectivity index (χ1v) is 11.2. The van der Waals surface area contributed by atoms with Crippen molar-refractivity contribution in [3.8, 4) is 0 Å². The Morgan fingerprint density at radius 1 is 1.24 bits per heavy atom. The number of hydrogen-bond donors (Lipinski definition) is 2. The van der Waals surface area contributed by atoms with Crippen LogP contribution in [0.3, 0.4) is 0 Å². The van der Waals surface area contributed by atoms with Crippen LogP contribution in [0, 0.1) is 0 Å². The maximum absolute atomic E-state index is 11.8. The minimum atomic E-state index is -4.03. The van der Waals surface area contributed by atoms with Gasteiger partial charge in [-0.25, -0.2) is 13.6 Å². The first-order chi connectivity index (χ1) is 11.7. The van der Waals surface area contributed by atoms with Crippen molar-refractivity contribution in [1.29, 1.82) is 0 Å². The predicted molar refractivity (Wildman–Crippen MR) is 99.5 cm³/mol. The summed E-state index contributed by atoms with van der Waals surface area (Å²) >= 11 is 13.8. The molecule has 6 nitrogen and oxygen atoms in total. The van der Waals surface area contributed by atoms with Crippen LogP contribution in [0.15, 0.2) is 22.0 Å². The van der Waals surface area contributed by atoms with Gasteiger partial charge >= 0.3 is 0 Å². The van der Waals surface area contributed by atoms with Gasteiger partial charge in [-0.3, -0.25) is 4.99 Å². The van der Waals surface area contributed by atoms with Crippen molar-refractivity contribution in [2.45, 2.75) is 48.4 Å². The van der Waals surface area contributed by atoms with Gasteiger partial charge in [-0.2, -0.15) is 0 Å². The van der Waals surface area contributed by atoms with E-state index in [1.165, 1.54) is 23.9 Å². The van der Waals surface area contributed by atoms with Gasteiger partial charge in [0, 0.05) is 11.6 Å². The number of amidine groups is 1. The number of rotatable bonds is 4. The molecule has 1 aliphatic heterocycles. The number of halogens is 2. The van der Waals surface area contributed by atoms with Crippen molar-refractivity contribution in [2.75, 3.05) is 5.75 Å². The maximum Gasteiger partial charge on any atom is 0.239 e. The second-order valence-electron chi connectivity index (χ2n) is 6.66. The summed E-state index contributed by atoms with van der Waals surface area (Å²) in [5.41, 5.74) is -1.14. The van der Waals surface area contributed by atoms with Crippen LogP contribution in [0.1, 0.15) is 31.2 Å². The van der Waals surface area contributed by atoms with E-state index in [1.54, 1.807) is 0 Å². The number of primary sulfonamides is 1. The third kappa shape index (κ3) is 3.28. The minimum absolute atomic E-state index is 0.0599. The number of nitrogens with two attached hydrogens (primary N) is 1. The standard InChI is InChI=1S/C15H17Cl2N3O3S2/c16-11-6-12(17)13(25(18,22)23)5-10(11)15(21)7-24-14(19-8-1-2-8)20(15)9-3-4-9/h5-6,8-9,21H,1-4,7H2,(H2,18,22,23). The number of thioether (sulfide) groups is 1. The van der Waals surface area contributed by atoms with E-state index in [-0.39, 0.29) is 21.0 Å². The zero-order chi connectivity index (χ0) is 18.0. The number of nitrogens with zero attached hydrogens (tertiary/aromatic N) is 2. The second-order valence-corrected chi connectivity index (χ2v) is 9.94. The normalized spacial score (nSPS) is 28.8. The zero-order valence-electron chi connectivity index (χ0n) is 13.2. The fourth-order valence-corrected chi connectivity index (χ4v) is 5.73. The summed E-state index contributed by atoms with van der Waals surface area (Å²) < 4.78 is 23.6. The fourth-order valence-electron chi connectivity index (χ4n) is 2.97. The van der Waals surface area contributed by atoms with E-state index < -0.39 is 15.7 Å². The second kappa shape index (κ2) is 6.00. The first-order valence-electron chi connectivity index (χ1n) is 7.95. The molecule has 0 radical (unpaired) electrons. The Morgan fingerprint density at radius 2 is 1.92 bits per heavy atom. The molecule has 136 valence electrons. The molecule has 3 aliphatic rings. The quantitative estimate of drug-likeness (QED) is 0.778. The van der Waals surface area contributed by atoms with E-state index in [1.807, 2.05) is 4.90 Å². The highest BCUT2D eigenvalue weighted by Crippen LogP contribution is 2.49. The lowest BCUT2D eigenvalue weighted by atomic mass is 10.0. The third-order valence-corrected chi connectivity index (χ3v) is 7.31.